The van der Waals surface area contributed by atoms with Crippen LogP contribution in [0.25, 0.3) is 0 Å². The Morgan fingerprint density at radius 2 is 2.05 bits per heavy atom. The summed E-state index contributed by atoms with van der Waals surface area (Å²) in [6, 6.07) is 5.67. The fourth-order valence-corrected chi connectivity index (χ4v) is 1.92. The molecular weight excluding hydrogens is 294 g/mol. The maximum atomic E-state index is 13.5. The predicted octanol–water partition coefficient (Wildman–Crippen LogP) is 1.42. The van der Waals surface area contributed by atoms with Gasteiger partial charge in [0.05, 0.1) is 6.10 Å². The third-order valence-corrected chi connectivity index (χ3v) is 3.08. The van der Waals surface area contributed by atoms with Gasteiger partial charge in [-0.25, -0.2) is 8.78 Å². The van der Waals surface area contributed by atoms with Gasteiger partial charge in [-0.3, -0.25) is 9.59 Å². The molecule has 0 aliphatic heterocycles. The Morgan fingerprint density at radius 3 is 2.68 bits per heavy atom. The Balaban J connectivity index is 2.05. The van der Waals surface area contributed by atoms with Crippen LogP contribution in [-0.2, 0) is 0 Å². The van der Waals surface area contributed by atoms with Crippen molar-refractivity contribution in [3.63, 3.8) is 0 Å². The Hall–Kier alpha value is -2.54. The molecule has 0 saturated carbocycles. The van der Waals surface area contributed by atoms with Crippen molar-refractivity contribution < 1.29 is 18.7 Å². The van der Waals surface area contributed by atoms with Crippen molar-refractivity contribution in [3.05, 3.63) is 69.1 Å². The van der Waals surface area contributed by atoms with E-state index in [9.17, 15) is 23.5 Å². The third kappa shape index (κ3) is 3.56. The third-order valence-electron chi connectivity index (χ3n) is 3.08. The number of amides is 1. The van der Waals surface area contributed by atoms with E-state index in [0.717, 1.165) is 12.1 Å². The number of hydrogen-bond donors (Lipinski definition) is 3. The minimum atomic E-state index is -1.35. The molecule has 0 aliphatic rings. The number of rotatable bonds is 4. The summed E-state index contributed by atoms with van der Waals surface area (Å²) >= 11 is 0. The number of pyridine rings is 1. The lowest BCUT2D eigenvalue weighted by molar-refractivity contribution is 0.0912. The maximum Gasteiger partial charge on any atom is 0.260 e. The minimum Gasteiger partial charge on any atom is -0.386 e. The smallest absolute Gasteiger partial charge is 0.260 e. The van der Waals surface area contributed by atoms with Crippen LogP contribution in [0.3, 0.4) is 0 Å². The van der Waals surface area contributed by atoms with Gasteiger partial charge in [-0.15, -0.1) is 0 Å². The maximum absolute atomic E-state index is 13.5. The number of nitrogens with one attached hydrogen (secondary N) is 2. The molecule has 116 valence electrons. The van der Waals surface area contributed by atoms with Gasteiger partial charge in [0.1, 0.15) is 17.2 Å². The van der Waals surface area contributed by atoms with E-state index in [1.165, 1.54) is 6.07 Å². The highest BCUT2D eigenvalue weighted by Crippen LogP contribution is 2.17. The number of H-pyrrole nitrogens is 1. The number of benzene rings is 1. The lowest BCUT2D eigenvalue weighted by Gasteiger charge is -2.13. The SMILES string of the molecule is Cc1ccc(C(=O)NC[C@@H](O)c2ccc(F)cc2F)c(=O)[nH]1. The number of hydrogen-bond acceptors (Lipinski definition) is 3. The van der Waals surface area contributed by atoms with E-state index in [2.05, 4.69) is 10.3 Å². The van der Waals surface area contributed by atoms with Crippen LogP contribution >= 0.6 is 0 Å². The summed E-state index contributed by atoms with van der Waals surface area (Å²) in [5, 5.41) is 12.2. The van der Waals surface area contributed by atoms with Gasteiger partial charge in [-0.2, -0.15) is 0 Å². The van der Waals surface area contributed by atoms with Gasteiger partial charge in [0, 0.05) is 23.9 Å². The normalized spacial score (nSPS) is 12.0. The average molecular weight is 308 g/mol. The van der Waals surface area contributed by atoms with Crippen LogP contribution < -0.4 is 10.9 Å². The van der Waals surface area contributed by atoms with Crippen molar-refractivity contribution in [1.82, 2.24) is 10.3 Å². The van der Waals surface area contributed by atoms with Crippen molar-refractivity contribution in [2.45, 2.75) is 13.0 Å². The molecule has 1 atom stereocenters. The molecule has 7 heteroatoms. The molecule has 3 N–H and O–H groups in total. The molecule has 2 aromatic rings. The lowest BCUT2D eigenvalue weighted by atomic mass is 10.1. The largest absolute Gasteiger partial charge is 0.386 e. The molecule has 0 unspecified atom stereocenters. The number of aliphatic hydroxyl groups is 1. The number of aromatic nitrogens is 1. The number of aromatic amines is 1. The van der Waals surface area contributed by atoms with Crippen molar-refractivity contribution in [2.24, 2.45) is 0 Å². The van der Waals surface area contributed by atoms with Gasteiger partial charge in [-0.1, -0.05) is 6.07 Å². The molecule has 0 saturated heterocycles. The second-order valence-electron chi connectivity index (χ2n) is 4.78. The molecule has 1 amide bonds. The van der Waals surface area contributed by atoms with Crippen LogP contribution in [0.2, 0.25) is 0 Å². The van der Waals surface area contributed by atoms with Crippen LogP contribution in [0.15, 0.2) is 35.1 Å². The van der Waals surface area contributed by atoms with Crippen molar-refractivity contribution in [2.75, 3.05) is 6.54 Å². The van der Waals surface area contributed by atoms with Crippen LogP contribution in [-0.4, -0.2) is 22.5 Å². The molecular formula is C15H14F2N2O3. The molecule has 22 heavy (non-hydrogen) atoms. The zero-order valence-electron chi connectivity index (χ0n) is 11.7. The number of aliphatic hydroxyl groups excluding tert-OH is 1. The highest BCUT2D eigenvalue weighted by atomic mass is 19.1. The lowest BCUT2D eigenvalue weighted by Crippen LogP contribution is -2.32. The van der Waals surface area contributed by atoms with Gasteiger partial charge in [-0.05, 0) is 25.1 Å². The minimum absolute atomic E-state index is 0.114. The first-order valence-electron chi connectivity index (χ1n) is 6.49. The van der Waals surface area contributed by atoms with E-state index in [-0.39, 0.29) is 17.7 Å². The molecule has 1 heterocycles. The molecule has 0 spiro atoms. The summed E-state index contributed by atoms with van der Waals surface area (Å²) < 4.78 is 26.3. The van der Waals surface area contributed by atoms with E-state index < -0.39 is 29.2 Å². The van der Waals surface area contributed by atoms with Crippen LogP contribution in [0.4, 0.5) is 8.78 Å². The second kappa shape index (κ2) is 6.48. The van der Waals surface area contributed by atoms with Gasteiger partial charge in [0.2, 0.25) is 0 Å². The average Bonchev–Trinajstić information content (AvgIpc) is 2.44. The van der Waals surface area contributed by atoms with Crippen molar-refractivity contribution in [1.29, 1.82) is 0 Å². The van der Waals surface area contributed by atoms with Crippen molar-refractivity contribution >= 4 is 5.91 Å². The molecule has 0 fully saturated rings. The van der Waals surface area contributed by atoms with Crippen molar-refractivity contribution in [3.8, 4) is 0 Å². The van der Waals surface area contributed by atoms with Gasteiger partial charge < -0.3 is 15.4 Å². The number of carbonyl (C=O) groups is 1. The topological polar surface area (TPSA) is 82.2 Å². The van der Waals surface area contributed by atoms with Crippen LogP contribution in [0.1, 0.15) is 27.7 Å². The zero-order chi connectivity index (χ0) is 16.3. The van der Waals surface area contributed by atoms with E-state index in [1.807, 2.05) is 0 Å². The second-order valence-corrected chi connectivity index (χ2v) is 4.78. The Kier molecular flexibility index (Phi) is 4.67. The van der Waals surface area contributed by atoms with Crippen LogP contribution in [0.5, 0.6) is 0 Å². The first-order valence-corrected chi connectivity index (χ1v) is 6.49. The molecule has 1 aromatic carbocycles. The highest BCUT2D eigenvalue weighted by molar-refractivity contribution is 5.93. The summed E-state index contributed by atoms with van der Waals surface area (Å²) in [4.78, 5) is 25.9. The number of halogens is 2. The molecule has 0 bridgehead atoms. The molecule has 5 nitrogen and oxygen atoms in total. The first kappa shape index (κ1) is 15.8. The fourth-order valence-electron chi connectivity index (χ4n) is 1.92. The molecule has 1 aromatic heterocycles. The number of aryl methyl sites for hydroxylation is 1. The quantitative estimate of drug-likeness (QED) is 0.799. The van der Waals surface area contributed by atoms with Gasteiger partial charge >= 0.3 is 0 Å². The molecule has 0 aliphatic carbocycles. The van der Waals surface area contributed by atoms with E-state index in [1.54, 1.807) is 13.0 Å². The summed E-state index contributed by atoms with van der Waals surface area (Å²) in [5.74, 6) is -2.36. The van der Waals surface area contributed by atoms with E-state index >= 15 is 0 Å². The standard InChI is InChI=1S/C15H14F2N2O3/c1-8-2-4-11(15(22)19-8)14(21)18-7-13(20)10-5-3-9(16)6-12(10)17/h2-6,13,20H,7H2,1H3,(H,18,21)(H,19,22)/t13-/m1/s1. The highest BCUT2D eigenvalue weighted by Gasteiger charge is 2.16. The van der Waals surface area contributed by atoms with E-state index in [4.69, 9.17) is 0 Å². The fraction of sp³-hybridized carbons (Fsp3) is 0.200. The molecule has 2 rings (SSSR count). The monoisotopic (exact) mass is 308 g/mol. The summed E-state index contributed by atoms with van der Waals surface area (Å²) in [7, 11) is 0. The number of carbonyl (C=O) groups excluding carboxylic acids is 1. The van der Waals surface area contributed by atoms with E-state index in [0.29, 0.717) is 11.8 Å². The van der Waals surface area contributed by atoms with Gasteiger partial charge in [0.25, 0.3) is 11.5 Å². The first-order chi connectivity index (χ1) is 10.4. The summed E-state index contributed by atoms with van der Waals surface area (Å²) in [5.41, 5.74) is -0.202. The Bertz CT molecular complexity index is 759. The molecule has 0 radical (unpaired) electrons. The summed E-state index contributed by atoms with van der Waals surface area (Å²) in [6.07, 6.45) is -1.35. The Morgan fingerprint density at radius 1 is 1.32 bits per heavy atom. The van der Waals surface area contributed by atoms with Crippen LogP contribution in [0, 0.1) is 18.6 Å². The summed E-state index contributed by atoms with van der Waals surface area (Å²) in [6.45, 7) is 1.36. The zero-order valence-corrected chi connectivity index (χ0v) is 11.7. The predicted molar refractivity (Wildman–Crippen MR) is 75.5 cm³/mol. The Labute approximate surface area is 124 Å². The van der Waals surface area contributed by atoms with Gasteiger partial charge in [0.15, 0.2) is 0 Å².